The molecule has 0 unspecified atom stereocenters. The predicted octanol–water partition coefficient (Wildman–Crippen LogP) is 6.60. The average Bonchev–Trinajstić information content (AvgIpc) is 4.19. The summed E-state index contributed by atoms with van der Waals surface area (Å²) in [5, 5.41) is 24.2. The molecule has 0 bridgehead atoms. The Morgan fingerprint density at radius 2 is 0.926 bits per heavy atom. The summed E-state index contributed by atoms with van der Waals surface area (Å²) in [6.45, 7) is 10.8. The maximum atomic E-state index is 13.3. The molecule has 8 heterocycles. The van der Waals surface area contributed by atoms with Crippen LogP contribution in [-0.2, 0) is 44.3 Å². The minimum Gasteiger partial charge on any atom is -0.386 e. The molecule has 68 heavy (non-hydrogen) atoms. The Morgan fingerprint density at radius 3 is 1.28 bits per heavy atom. The predicted molar refractivity (Wildman–Crippen MR) is 267 cm³/mol. The van der Waals surface area contributed by atoms with Crippen molar-refractivity contribution in [1.29, 1.82) is 0 Å². The van der Waals surface area contributed by atoms with Gasteiger partial charge in [-0.2, -0.15) is 8.61 Å². The van der Waals surface area contributed by atoms with Gasteiger partial charge in [0.1, 0.15) is 19.5 Å². The van der Waals surface area contributed by atoms with Crippen molar-refractivity contribution >= 4 is 76.4 Å². The number of aromatic nitrogens is 6. The molecule has 0 radical (unpaired) electrons. The quantitative estimate of drug-likeness (QED) is 0.134. The van der Waals surface area contributed by atoms with Crippen LogP contribution in [0.5, 0.6) is 0 Å². The molecule has 0 spiro atoms. The number of benzene rings is 2. The van der Waals surface area contributed by atoms with Crippen LogP contribution < -0.4 is 9.80 Å². The number of sulfonamides is 2. The SMILES string of the molecule is CC(C)(O)c1ccc(N2CCN(S(=O)(=O)c3cccs3)C[C@@H]2Cn2ccc3nccnc32)cc1.CC(C)(O)c1ccc(N2CCN(S(=O)(=O)c3cccs3)C[C@@H]2Cn2ccc3nccnc32)cc1. The molecular formula is C48H54N10O6S4. The van der Waals surface area contributed by atoms with Gasteiger partial charge in [-0.25, -0.2) is 26.8 Å². The van der Waals surface area contributed by atoms with E-state index in [1.165, 1.54) is 22.7 Å². The fraction of sp³-hybridized carbons (Fsp3) is 0.333. The van der Waals surface area contributed by atoms with E-state index in [9.17, 15) is 27.0 Å². The molecule has 2 fully saturated rings. The average molecular weight is 995 g/mol. The smallest absolute Gasteiger partial charge is 0.252 e. The van der Waals surface area contributed by atoms with E-state index in [-0.39, 0.29) is 12.1 Å². The molecular weight excluding hydrogens is 941 g/mol. The van der Waals surface area contributed by atoms with Crippen molar-refractivity contribution in [3.63, 3.8) is 0 Å². The second-order valence-corrected chi connectivity index (χ2v) is 24.2. The van der Waals surface area contributed by atoms with E-state index in [0.29, 0.717) is 60.8 Å². The number of nitrogens with zero attached hydrogens (tertiary/aromatic N) is 10. The molecule has 0 aliphatic carbocycles. The van der Waals surface area contributed by atoms with Crippen molar-refractivity contribution < 1.29 is 27.0 Å². The molecule has 2 aromatic carbocycles. The van der Waals surface area contributed by atoms with Crippen LogP contribution in [0.25, 0.3) is 22.3 Å². The fourth-order valence-electron chi connectivity index (χ4n) is 8.85. The summed E-state index contributed by atoms with van der Waals surface area (Å²) in [4.78, 5) is 22.2. The molecule has 356 valence electrons. The zero-order valence-corrected chi connectivity index (χ0v) is 41.4. The van der Waals surface area contributed by atoms with E-state index < -0.39 is 31.2 Å². The lowest BCUT2D eigenvalue weighted by Crippen LogP contribution is -2.56. The van der Waals surface area contributed by atoms with Crippen LogP contribution in [0.4, 0.5) is 11.4 Å². The van der Waals surface area contributed by atoms with Crippen molar-refractivity contribution in [3.05, 3.63) is 144 Å². The molecule has 2 saturated heterocycles. The zero-order chi connectivity index (χ0) is 47.8. The highest BCUT2D eigenvalue weighted by Crippen LogP contribution is 2.32. The fourth-order valence-corrected chi connectivity index (χ4v) is 14.1. The molecule has 2 atom stereocenters. The number of rotatable bonds is 12. The van der Waals surface area contributed by atoms with Gasteiger partial charge < -0.3 is 29.1 Å². The van der Waals surface area contributed by atoms with Gasteiger partial charge in [0.25, 0.3) is 20.0 Å². The van der Waals surface area contributed by atoms with Crippen molar-refractivity contribution in [2.45, 2.75) is 72.5 Å². The molecule has 10 rings (SSSR count). The Kier molecular flexibility index (Phi) is 13.3. The number of fused-ring (bicyclic) bond motifs is 2. The van der Waals surface area contributed by atoms with Crippen LogP contribution >= 0.6 is 22.7 Å². The van der Waals surface area contributed by atoms with Gasteiger partial charge in [0.2, 0.25) is 0 Å². The van der Waals surface area contributed by atoms with Crippen LogP contribution in [0.2, 0.25) is 0 Å². The monoisotopic (exact) mass is 994 g/mol. The second-order valence-electron chi connectivity index (χ2n) is 18.0. The summed E-state index contributed by atoms with van der Waals surface area (Å²) < 4.78 is 61.0. The van der Waals surface area contributed by atoms with Gasteiger partial charge in [0.15, 0.2) is 11.3 Å². The van der Waals surface area contributed by atoms with Gasteiger partial charge in [-0.1, -0.05) is 36.4 Å². The van der Waals surface area contributed by atoms with Gasteiger partial charge in [-0.05, 0) is 98.1 Å². The second kappa shape index (κ2) is 19.1. The van der Waals surface area contributed by atoms with Gasteiger partial charge >= 0.3 is 0 Å². The van der Waals surface area contributed by atoms with Crippen LogP contribution in [0.1, 0.15) is 38.8 Å². The first-order valence-corrected chi connectivity index (χ1v) is 26.9. The molecule has 6 aromatic heterocycles. The summed E-state index contributed by atoms with van der Waals surface area (Å²) in [5.74, 6) is 0. The van der Waals surface area contributed by atoms with Crippen LogP contribution in [0.15, 0.2) is 141 Å². The van der Waals surface area contributed by atoms with Crippen LogP contribution in [0.3, 0.4) is 0 Å². The summed E-state index contributed by atoms with van der Waals surface area (Å²) in [5.41, 5.74) is 4.97. The summed E-state index contributed by atoms with van der Waals surface area (Å²) in [6, 6.07) is 26.2. The topological polar surface area (TPSA) is 183 Å². The number of aliphatic hydroxyl groups is 2. The Labute approximate surface area is 404 Å². The Morgan fingerprint density at radius 1 is 0.544 bits per heavy atom. The summed E-state index contributed by atoms with van der Waals surface area (Å²) >= 11 is 2.49. The Bertz CT molecular complexity index is 2970. The maximum absolute atomic E-state index is 13.3. The Balaban J connectivity index is 0.000000170. The normalized spacial score (nSPS) is 18.0. The standard InChI is InChI=1S/2C24H27N5O3S2/c2*1-24(2,30)18-5-7-19(8-6-18)29-14-13-28(34(31,32)22-4-3-15-33-22)17-20(29)16-27-12-9-21-23(27)26-11-10-25-21/h2*3-12,15,20,30H,13-14,16-17H2,1-2H3/t2*20-/m00/s1. The highest BCUT2D eigenvalue weighted by atomic mass is 32.3. The first-order valence-electron chi connectivity index (χ1n) is 22.2. The maximum Gasteiger partial charge on any atom is 0.252 e. The molecule has 20 heteroatoms. The third-order valence-electron chi connectivity index (χ3n) is 12.5. The van der Waals surface area contributed by atoms with Crippen molar-refractivity contribution in [3.8, 4) is 0 Å². The van der Waals surface area contributed by atoms with Gasteiger partial charge in [-0.15, -0.1) is 22.7 Å². The van der Waals surface area contributed by atoms with Crippen LogP contribution in [0, 0.1) is 0 Å². The number of hydrogen-bond donors (Lipinski definition) is 2. The number of anilines is 2. The van der Waals surface area contributed by atoms with E-state index >= 15 is 0 Å². The minimum atomic E-state index is -3.55. The van der Waals surface area contributed by atoms with Crippen LogP contribution in [-0.4, -0.2) is 116 Å². The lowest BCUT2D eigenvalue weighted by Gasteiger charge is -2.42. The van der Waals surface area contributed by atoms with E-state index in [2.05, 4.69) is 29.7 Å². The first-order chi connectivity index (χ1) is 32.5. The number of piperazine rings is 2. The van der Waals surface area contributed by atoms with Crippen molar-refractivity contribution in [2.24, 2.45) is 0 Å². The number of hydrogen-bond acceptors (Lipinski definition) is 14. The highest BCUT2D eigenvalue weighted by molar-refractivity contribution is 7.91. The Hall–Kier alpha value is -5.58. The first kappa shape index (κ1) is 47.5. The van der Waals surface area contributed by atoms with Crippen molar-refractivity contribution in [2.75, 3.05) is 49.1 Å². The van der Waals surface area contributed by atoms with E-state index in [1.54, 1.807) is 96.1 Å². The third kappa shape index (κ3) is 9.95. The highest BCUT2D eigenvalue weighted by Gasteiger charge is 2.37. The van der Waals surface area contributed by atoms with E-state index in [0.717, 1.165) is 44.8 Å². The molecule has 2 aliphatic rings. The molecule has 2 aliphatic heterocycles. The van der Waals surface area contributed by atoms with Gasteiger partial charge in [-0.3, -0.25) is 9.97 Å². The molecule has 16 nitrogen and oxygen atoms in total. The minimum absolute atomic E-state index is 0.117. The van der Waals surface area contributed by atoms with E-state index in [1.807, 2.05) is 82.2 Å². The lowest BCUT2D eigenvalue weighted by molar-refractivity contribution is 0.0780. The summed E-state index contributed by atoms with van der Waals surface area (Å²) in [6.07, 6.45) is 10.6. The van der Waals surface area contributed by atoms with Gasteiger partial charge in [0, 0.05) is 101 Å². The number of thiophene rings is 2. The molecule has 2 N–H and O–H groups in total. The van der Waals surface area contributed by atoms with Gasteiger partial charge in [0.05, 0.1) is 23.3 Å². The van der Waals surface area contributed by atoms with Crippen molar-refractivity contribution in [1.82, 2.24) is 37.7 Å². The lowest BCUT2D eigenvalue weighted by atomic mass is 9.98. The summed E-state index contributed by atoms with van der Waals surface area (Å²) in [7, 11) is -7.10. The largest absolute Gasteiger partial charge is 0.386 e. The molecule has 8 aromatic rings. The van der Waals surface area contributed by atoms with E-state index in [4.69, 9.17) is 0 Å². The third-order valence-corrected chi connectivity index (χ3v) is 19.0. The zero-order valence-electron chi connectivity index (χ0n) is 38.1. The molecule has 0 saturated carbocycles. The molecule has 0 amide bonds.